The number of aromatic nitrogens is 2. The molecule has 0 amide bonds. The minimum atomic E-state index is 0.883. The molecule has 0 aliphatic carbocycles. The molecular weight excluding hydrogens is 388 g/mol. The van der Waals surface area contributed by atoms with Gasteiger partial charge in [-0.3, -0.25) is 0 Å². The first kappa shape index (κ1) is 13.2. The minimum Gasteiger partial charge on any atom is -0.333 e. The lowest BCUT2D eigenvalue weighted by atomic mass is 10.2. The van der Waals surface area contributed by atoms with Crippen LogP contribution in [0.4, 0.5) is 0 Å². The van der Waals surface area contributed by atoms with E-state index in [4.69, 9.17) is 0 Å². The number of rotatable bonds is 3. The summed E-state index contributed by atoms with van der Waals surface area (Å²) in [5.41, 5.74) is 3.35. The topological polar surface area (TPSA) is 28.7 Å². The molecule has 0 aliphatic rings. The Balaban J connectivity index is 1.78. The van der Waals surface area contributed by atoms with Gasteiger partial charge in [0.15, 0.2) is 5.16 Å². The van der Waals surface area contributed by atoms with Crippen LogP contribution in [-0.4, -0.2) is 9.97 Å². The largest absolute Gasteiger partial charge is 0.333 e. The van der Waals surface area contributed by atoms with Crippen LogP contribution in [-0.2, 0) is 5.75 Å². The first-order valence-corrected chi connectivity index (χ1v) is 8.31. The van der Waals surface area contributed by atoms with Crippen LogP contribution in [0.2, 0.25) is 0 Å². The van der Waals surface area contributed by atoms with E-state index < -0.39 is 0 Å². The quantitative estimate of drug-likeness (QED) is 0.601. The number of hydrogen-bond donors (Lipinski definition) is 1. The number of aromatic amines is 1. The predicted molar refractivity (Wildman–Crippen MR) is 87.5 cm³/mol. The van der Waals surface area contributed by atoms with Crippen LogP contribution in [0.1, 0.15) is 5.56 Å². The van der Waals surface area contributed by atoms with Crippen molar-refractivity contribution in [3.63, 3.8) is 0 Å². The summed E-state index contributed by atoms with van der Waals surface area (Å²) < 4.78 is 2.20. The van der Waals surface area contributed by atoms with Crippen LogP contribution in [0.5, 0.6) is 0 Å². The van der Waals surface area contributed by atoms with Crippen molar-refractivity contribution in [3.8, 4) is 0 Å². The van der Waals surface area contributed by atoms with Crippen LogP contribution in [0, 0.1) is 0 Å². The molecule has 1 N–H and O–H groups in total. The molecule has 5 heteroatoms. The van der Waals surface area contributed by atoms with E-state index in [2.05, 4.69) is 60.0 Å². The van der Waals surface area contributed by atoms with Gasteiger partial charge in [0.05, 0.1) is 11.0 Å². The molecule has 0 bridgehead atoms. The van der Waals surface area contributed by atoms with Gasteiger partial charge >= 0.3 is 0 Å². The fourth-order valence-electron chi connectivity index (χ4n) is 1.78. The van der Waals surface area contributed by atoms with E-state index in [0.717, 1.165) is 30.9 Å². The third-order valence-electron chi connectivity index (χ3n) is 2.75. The van der Waals surface area contributed by atoms with Crippen molar-refractivity contribution in [2.45, 2.75) is 10.9 Å². The molecule has 2 aromatic carbocycles. The molecule has 0 aliphatic heterocycles. The van der Waals surface area contributed by atoms with Crippen LogP contribution in [0.25, 0.3) is 11.0 Å². The van der Waals surface area contributed by atoms with Crippen molar-refractivity contribution in [3.05, 3.63) is 57.0 Å². The first-order valence-electron chi connectivity index (χ1n) is 5.74. The highest BCUT2D eigenvalue weighted by Gasteiger charge is 2.05. The highest BCUT2D eigenvalue weighted by molar-refractivity contribution is 9.11. The molecule has 0 unspecified atom stereocenters. The predicted octanol–water partition coefficient (Wildman–Crippen LogP) is 5.38. The molecule has 1 heterocycles. The van der Waals surface area contributed by atoms with Gasteiger partial charge in [0.25, 0.3) is 0 Å². The average Bonchev–Trinajstić information content (AvgIpc) is 2.80. The Bertz CT molecular complexity index is 691. The van der Waals surface area contributed by atoms with Crippen molar-refractivity contribution in [2.75, 3.05) is 0 Å². The van der Waals surface area contributed by atoms with Gasteiger partial charge in [-0.15, -0.1) is 0 Å². The smallest absolute Gasteiger partial charge is 0.166 e. The van der Waals surface area contributed by atoms with E-state index >= 15 is 0 Å². The summed E-state index contributed by atoms with van der Waals surface area (Å²) >= 11 is 8.75. The van der Waals surface area contributed by atoms with E-state index in [9.17, 15) is 0 Å². The maximum atomic E-state index is 4.56. The van der Waals surface area contributed by atoms with Crippen molar-refractivity contribution in [1.29, 1.82) is 0 Å². The highest BCUT2D eigenvalue weighted by atomic mass is 79.9. The number of halogens is 2. The van der Waals surface area contributed by atoms with Crippen molar-refractivity contribution in [2.24, 2.45) is 0 Å². The molecule has 0 atom stereocenters. The maximum Gasteiger partial charge on any atom is 0.166 e. The van der Waals surface area contributed by atoms with Crippen LogP contribution in [0.3, 0.4) is 0 Å². The second-order valence-corrected chi connectivity index (χ2v) is 6.82. The van der Waals surface area contributed by atoms with Gasteiger partial charge in [-0.05, 0) is 29.8 Å². The second-order valence-electron chi connectivity index (χ2n) is 4.08. The fourth-order valence-corrected chi connectivity index (χ4v) is 4.04. The van der Waals surface area contributed by atoms with Crippen LogP contribution >= 0.6 is 43.6 Å². The van der Waals surface area contributed by atoms with Gasteiger partial charge in [-0.2, -0.15) is 0 Å². The lowest BCUT2D eigenvalue weighted by Gasteiger charge is -2.03. The number of hydrogen-bond acceptors (Lipinski definition) is 2. The number of fused-ring (bicyclic) bond motifs is 1. The molecule has 96 valence electrons. The summed E-state index contributed by atoms with van der Waals surface area (Å²) in [5.74, 6) is 0.883. The third kappa shape index (κ3) is 3.04. The van der Waals surface area contributed by atoms with E-state index in [1.807, 2.05) is 24.3 Å². The molecule has 3 rings (SSSR count). The van der Waals surface area contributed by atoms with E-state index in [1.165, 1.54) is 5.56 Å². The van der Waals surface area contributed by atoms with Gasteiger partial charge < -0.3 is 4.98 Å². The third-order valence-corrected chi connectivity index (χ3v) is 4.90. The standard InChI is InChI=1S/C14H10Br2N2S/c15-10-6-5-9(11(16)7-10)8-19-14-17-12-3-1-2-4-13(12)18-14/h1-7H,8H2,(H,17,18). The number of thioether (sulfide) groups is 1. The van der Waals surface area contributed by atoms with Gasteiger partial charge in [-0.25, -0.2) is 4.98 Å². The van der Waals surface area contributed by atoms with E-state index in [-0.39, 0.29) is 0 Å². The number of para-hydroxylation sites is 2. The molecule has 19 heavy (non-hydrogen) atoms. The van der Waals surface area contributed by atoms with Crippen LogP contribution in [0.15, 0.2) is 56.6 Å². The second kappa shape index (κ2) is 5.69. The Kier molecular flexibility index (Phi) is 3.96. The SMILES string of the molecule is Brc1ccc(CSc2nc3ccccc3[nH]2)c(Br)c1. The summed E-state index contributed by atoms with van der Waals surface area (Å²) in [4.78, 5) is 7.88. The number of imidazole rings is 1. The van der Waals surface area contributed by atoms with Gasteiger partial charge in [-0.1, -0.05) is 61.8 Å². The van der Waals surface area contributed by atoms with E-state index in [1.54, 1.807) is 11.8 Å². The number of benzene rings is 2. The Morgan fingerprint density at radius 1 is 1.11 bits per heavy atom. The van der Waals surface area contributed by atoms with Crippen molar-refractivity contribution >= 4 is 54.7 Å². The first-order chi connectivity index (χ1) is 9.22. The highest BCUT2D eigenvalue weighted by Crippen LogP contribution is 2.28. The summed E-state index contributed by atoms with van der Waals surface area (Å²) in [7, 11) is 0. The molecule has 0 saturated carbocycles. The fraction of sp³-hybridized carbons (Fsp3) is 0.0714. The molecule has 0 spiro atoms. The van der Waals surface area contributed by atoms with Crippen LogP contribution < -0.4 is 0 Å². The van der Waals surface area contributed by atoms with Crippen molar-refractivity contribution < 1.29 is 0 Å². The zero-order chi connectivity index (χ0) is 13.2. The lowest BCUT2D eigenvalue weighted by Crippen LogP contribution is -1.84. The zero-order valence-corrected chi connectivity index (χ0v) is 13.8. The molecule has 0 radical (unpaired) electrons. The Labute approximate surface area is 132 Å². The van der Waals surface area contributed by atoms with Crippen molar-refractivity contribution in [1.82, 2.24) is 9.97 Å². The Morgan fingerprint density at radius 2 is 1.95 bits per heavy atom. The summed E-state index contributed by atoms with van der Waals surface area (Å²) in [5, 5.41) is 0.955. The molecule has 0 fully saturated rings. The summed E-state index contributed by atoms with van der Waals surface area (Å²) in [6, 6.07) is 14.3. The normalized spacial score (nSPS) is 11.1. The van der Waals surface area contributed by atoms with Gasteiger partial charge in [0.1, 0.15) is 0 Å². The molecule has 1 aromatic heterocycles. The molecule has 3 aromatic rings. The zero-order valence-electron chi connectivity index (χ0n) is 9.86. The number of nitrogens with zero attached hydrogens (tertiary/aromatic N) is 1. The number of nitrogens with one attached hydrogen (secondary N) is 1. The lowest BCUT2D eigenvalue weighted by molar-refractivity contribution is 1.08. The molecule has 2 nitrogen and oxygen atoms in total. The van der Waals surface area contributed by atoms with Gasteiger partial charge in [0.2, 0.25) is 0 Å². The monoisotopic (exact) mass is 396 g/mol. The summed E-state index contributed by atoms with van der Waals surface area (Å²) in [6.45, 7) is 0. The Hall–Kier alpha value is -0.780. The molecular formula is C14H10Br2N2S. The average molecular weight is 398 g/mol. The summed E-state index contributed by atoms with van der Waals surface area (Å²) in [6.07, 6.45) is 0. The Morgan fingerprint density at radius 3 is 2.74 bits per heavy atom. The van der Waals surface area contributed by atoms with E-state index in [0.29, 0.717) is 0 Å². The molecule has 0 saturated heterocycles. The minimum absolute atomic E-state index is 0.883. The number of H-pyrrole nitrogens is 1. The van der Waals surface area contributed by atoms with Gasteiger partial charge in [0, 0.05) is 14.7 Å². The maximum absolute atomic E-state index is 4.56.